The molecule has 1 amide bonds. The second-order valence-electron chi connectivity index (χ2n) is 9.75. The number of nitrogens with zero attached hydrogens (tertiary/aromatic N) is 2. The van der Waals surface area contributed by atoms with E-state index in [1.807, 2.05) is 72.5 Å². The maximum atomic E-state index is 13.9. The van der Waals surface area contributed by atoms with Crippen molar-refractivity contribution in [1.29, 1.82) is 0 Å². The summed E-state index contributed by atoms with van der Waals surface area (Å²) in [5, 5.41) is 0.811. The second kappa shape index (κ2) is 11.7. The summed E-state index contributed by atoms with van der Waals surface area (Å²) in [6, 6.07) is 21.2. The summed E-state index contributed by atoms with van der Waals surface area (Å²) in [4.78, 5) is 20.9. The van der Waals surface area contributed by atoms with Crippen LogP contribution in [0.5, 0.6) is 17.2 Å². The van der Waals surface area contributed by atoms with Gasteiger partial charge in [-0.1, -0.05) is 29.8 Å². The number of hydrogen-bond donors (Lipinski definition) is 0. The van der Waals surface area contributed by atoms with Crippen LogP contribution in [0.1, 0.15) is 34.3 Å². The summed E-state index contributed by atoms with van der Waals surface area (Å²) in [6.45, 7) is 3.56. The van der Waals surface area contributed by atoms with Crippen LogP contribution in [0, 0.1) is 6.92 Å². The van der Waals surface area contributed by atoms with Crippen molar-refractivity contribution in [3.8, 4) is 28.5 Å². The van der Waals surface area contributed by atoms with Crippen molar-refractivity contribution < 1.29 is 23.7 Å². The first-order valence-electron chi connectivity index (χ1n) is 13.2. The highest BCUT2D eigenvalue weighted by Crippen LogP contribution is 2.38. The van der Waals surface area contributed by atoms with E-state index in [4.69, 9.17) is 23.9 Å². The van der Waals surface area contributed by atoms with Crippen LogP contribution in [0.4, 0.5) is 0 Å². The van der Waals surface area contributed by atoms with Gasteiger partial charge in [0.1, 0.15) is 22.8 Å². The van der Waals surface area contributed by atoms with Crippen LogP contribution in [0.2, 0.25) is 0 Å². The van der Waals surface area contributed by atoms with Crippen LogP contribution >= 0.6 is 0 Å². The van der Waals surface area contributed by atoms with E-state index in [0.29, 0.717) is 41.4 Å². The molecule has 0 spiro atoms. The fourth-order valence-electron chi connectivity index (χ4n) is 5.12. The molecule has 202 valence electrons. The Bertz CT molecular complexity index is 1460. The lowest BCUT2D eigenvalue weighted by Gasteiger charge is -2.27. The van der Waals surface area contributed by atoms with Gasteiger partial charge in [0.2, 0.25) is 0 Å². The van der Waals surface area contributed by atoms with E-state index in [9.17, 15) is 4.79 Å². The number of benzene rings is 3. The first-order chi connectivity index (χ1) is 19.0. The van der Waals surface area contributed by atoms with Gasteiger partial charge in [0.25, 0.3) is 5.91 Å². The summed E-state index contributed by atoms with van der Waals surface area (Å²) in [6.07, 6.45) is 1.92. The Morgan fingerprint density at radius 1 is 0.949 bits per heavy atom. The third-order valence-electron chi connectivity index (χ3n) is 7.18. The largest absolute Gasteiger partial charge is 0.496 e. The molecule has 0 radical (unpaired) electrons. The van der Waals surface area contributed by atoms with Gasteiger partial charge in [0.15, 0.2) is 0 Å². The van der Waals surface area contributed by atoms with E-state index in [1.54, 1.807) is 21.3 Å². The molecule has 1 aliphatic heterocycles. The van der Waals surface area contributed by atoms with Crippen LogP contribution in [-0.2, 0) is 11.3 Å². The lowest BCUT2D eigenvalue weighted by Crippen LogP contribution is -2.37. The van der Waals surface area contributed by atoms with Crippen LogP contribution in [0.3, 0.4) is 0 Å². The number of aromatic nitrogens is 1. The number of carbonyl (C=O) groups excluding carboxylic acids is 1. The van der Waals surface area contributed by atoms with Gasteiger partial charge in [0, 0.05) is 36.2 Å². The summed E-state index contributed by atoms with van der Waals surface area (Å²) >= 11 is 0. The molecule has 7 heteroatoms. The van der Waals surface area contributed by atoms with Gasteiger partial charge in [0.05, 0.1) is 33.1 Å². The molecule has 1 aromatic heterocycles. The van der Waals surface area contributed by atoms with Gasteiger partial charge in [-0.05, 0) is 67.8 Å². The Morgan fingerprint density at radius 2 is 1.67 bits per heavy atom. The molecule has 1 saturated heterocycles. The normalized spacial score (nSPS) is 14.8. The van der Waals surface area contributed by atoms with E-state index in [-0.39, 0.29) is 12.0 Å². The SMILES string of the molecule is COc1ccccc1-c1nc2c(OC)ccc(OC)c2cc1CN(C[C@@H]1CCCO1)C(=O)c1ccc(C)cc1. The van der Waals surface area contributed by atoms with E-state index in [0.717, 1.165) is 47.2 Å². The molecule has 7 nitrogen and oxygen atoms in total. The predicted molar refractivity (Wildman–Crippen MR) is 152 cm³/mol. The standard InChI is InChI=1S/C32H34N2O5/c1-21-11-13-22(14-12-21)32(35)34(20-24-8-7-17-39-24)19-23-18-26-28(37-3)15-16-29(38-4)31(26)33-30(23)25-9-5-6-10-27(25)36-2/h5-6,9-16,18,24H,7-8,17,19-20H2,1-4H3/t24-/m0/s1. The molecule has 1 fully saturated rings. The van der Waals surface area contributed by atoms with Crippen molar-refractivity contribution in [2.24, 2.45) is 0 Å². The molecule has 0 aliphatic carbocycles. The zero-order chi connectivity index (χ0) is 27.4. The predicted octanol–water partition coefficient (Wildman–Crippen LogP) is 6.06. The van der Waals surface area contributed by atoms with E-state index in [1.165, 1.54) is 0 Å². The van der Waals surface area contributed by atoms with Gasteiger partial charge in [-0.25, -0.2) is 4.98 Å². The smallest absolute Gasteiger partial charge is 0.254 e. The third-order valence-corrected chi connectivity index (χ3v) is 7.18. The van der Waals surface area contributed by atoms with Crippen molar-refractivity contribution in [3.63, 3.8) is 0 Å². The van der Waals surface area contributed by atoms with Crippen molar-refractivity contribution in [2.75, 3.05) is 34.5 Å². The molecule has 1 aliphatic rings. The molecular formula is C32H34N2O5. The van der Waals surface area contributed by atoms with Gasteiger partial charge in [-0.3, -0.25) is 4.79 Å². The Kier molecular flexibility index (Phi) is 7.98. The molecule has 0 bridgehead atoms. The van der Waals surface area contributed by atoms with E-state index in [2.05, 4.69) is 6.07 Å². The quantitative estimate of drug-likeness (QED) is 0.264. The van der Waals surface area contributed by atoms with E-state index < -0.39 is 0 Å². The fourth-order valence-corrected chi connectivity index (χ4v) is 5.12. The number of methoxy groups -OCH3 is 3. The minimum Gasteiger partial charge on any atom is -0.496 e. The molecule has 0 N–H and O–H groups in total. The highest BCUT2D eigenvalue weighted by atomic mass is 16.5. The maximum Gasteiger partial charge on any atom is 0.254 e. The van der Waals surface area contributed by atoms with Crippen molar-refractivity contribution >= 4 is 16.8 Å². The number of hydrogen-bond acceptors (Lipinski definition) is 6. The highest BCUT2D eigenvalue weighted by Gasteiger charge is 2.26. The van der Waals surface area contributed by atoms with Crippen LogP contribution < -0.4 is 14.2 Å². The molecule has 1 atom stereocenters. The number of fused-ring (bicyclic) bond motifs is 1. The zero-order valence-electron chi connectivity index (χ0n) is 22.9. The highest BCUT2D eigenvalue weighted by molar-refractivity contribution is 5.95. The average molecular weight is 527 g/mol. The number of ether oxygens (including phenoxy) is 4. The van der Waals surface area contributed by atoms with Crippen LogP contribution in [0.15, 0.2) is 66.7 Å². The number of pyridine rings is 1. The lowest BCUT2D eigenvalue weighted by molar-refractivity contribution is 0.0507. The van der Waals surface area contributed by atoms with Gasteiger partial charge < -0.3 is 23.8 Å². The first-order valence-corrected chi connectivity index (χ1v) is 13.2. The van der Waals surface area contributed by atoms with Gasteiger partial charge >= 0.3 is 0 Å². The Labute approximate surface area is 229 Å². The molecule has 4 aromatic rings. The van der Waals surface area contributed by atoms with Crippen LogP contribution in [0.25, 0.3) is 22.2 Å². The monoisotopic (exact) mass is 526 g/mol. The van der Waals surface area contributed by atoms with Crippen molar-refractivity contribution in [1.82, 2.24) is 9.88 Å². The summed E-state index contributed by atoms with van der Waals surface area (Å²) in [5.41, 5.74) is 4.86. The molecule has 0 unspecified atom stereocenters. The topological polar surface area (TPSA) is 70.1 Å². The zero-order valence-corrected chi connectivity index (χ0v) is 22.9. The Morgan fingerprint density at radius 3 is 2.36 bits per heavy atom. The number of amides is 1. The number of rotatable bonds is 9. The summed E-state index contributed by atoms with van der Waals surface area (Å²) < 4.78 is 23.0. The third kappa shape index (κ3) is 5.54. The Hall–Kier alpha value is -4.10. The minimum atomic E-state index is -0.0471. The summed E-state index contributed by atoms with van der Waals surface area (Å²) in [7, 11) is 4.91. The Balaban J connectivity index is 1.67. The molecule has 0 saturated carbocycles. The van der Waals surface area contributed by atoms with Crippen molar-refractivity contribution in [2.45, 2.75) is 32.4 Å². The number of carbonyl (C=O) groups is 1. The van der Waals surface area contributed by atoms with E-state index >= 15 is 0 Å². The summed E-state index contributed by atoms with van der Waals surface area (Å²) in [5.74, 6) is 1.97. The first kappa shape index (κ1) is 26.5. The fraction of sp³-hybridized carbons (Fsp3) is 0.312. The molecule has 39 heavy (non-hydrogen) atoms. The molecular weight excluding hydrogens is 492 g/mol. The maximum absolute atomic E-state index is 13.9. The van der Waals surface area contributed by atoms with Crippen molar-refractivity contribution in [3.05, 3.63) is 83.4 Å². The molecule has 3 aromatic carbocycles. The molecule has 2 heterocycles. The lowest BCUT2D eigenvalue weighted by atomic mass is 10.0. The van der Waals surface area contributed by atoms with Crippen LogP contribution in [-0.4, -0.2) is 56.4 Å². The molecule has 5 rings (SSSR count). The number of aryl methyl sites for hydroxylation is 1. The van der Waals surface area contributed by atoms with Gasteiger partial charge in [-0.2, -0.15) is 0 Å². The second-order valence-corrected chi connectivity index (χ2v) is 9.75. The van der Waals surface area contributed by atoms with Gasteiger partial charge in [-0.15, -0.1) is 0 Å². The average Bonchev–Trinajstić information content (AvgIpc) is 3.49. The number of para-hydroxylation sites is 1. The minimum absolute atomic E-state index is 0.00263.